The van der Waals surface area contributed by atoms with Gasteiger partial charge < -0.3 is 23.7 Å². The molecular formula is C27H34O8. The summed E-state index contributed by atoms with van der Waals surface area (Å²) in [5, 5.41) is 12.2. The molecule has 0 spiro atoms. The lowest BCUT2D eigenvalue weighted by molar-refractivity contribution is -0.216. The van der Waals surface area contributed by atoms with Crippen LogP contribution in [0.25, 0.3) is 0 Å². The predicted molar refractivity (Wildman–Crippen MR) is 125 cm³/mol. The van der Waals surface area contributed by atoms with Crippen LogP contribution in [0.3, 0.4) is 0 Å². The van der Waals surface area contributed by atoms with Crippen LogP contribution in [-0.2, 0) is 28.6 Å². The smallest absolute Gasteiger partial charge is 0.330 e. The first-order valence-corrected chi connectivity index (χ1v) is 11.9. The third-order valence-electron chi connectivity index (χ3n) is 8.80. The van der Waals surface area contributed by atoms with Crippen LogP contribution < -0.4 is 0 Å². The van der Waals surface area contributed by atoms with Gasteiger partial charge in [0.2, 0.25) is 0 Å². The van der Waals surface area contributed by atoms with Crippen LogP contribution in [0.4, 0.5) is 0 Å². The molecule has 3 aliphatic rings. The lowest BCUT2D eigenvalue weighted by Crippen LogP contribution is -2.62. The van der Waals surface area contributed by atoms with Gasteiger partial charge in [0.15, 0.2) is 0 Å². The number of carbonyl (C=O) groups excluding carboxylic acids is 3. The Bertz CT molecular complexity index is 1070. The fraction of sp³-hybridized carbons (Fsp3) is 0.593. The molecule has 1 saturated heterocycles. The van der Waals surface area contributed by atoms with E-state index in [0.29, 0.717) is 24.0 Å². The highest BCUT2D eigenvalue weighted by Crippen LogP contribution is 2.64. The van der Waals surface area contributed by atoms with E-state index in [1.165, 1.54) is 25.7 Å². The van der Waals surface area contributed by atoms with Crippen LogP contribution in [0.5, 0.6) is 0 Å². The Morgan fingerprint density at radius 1 is 1.26 bits per heavy atom. The number of ether oxygens (including phenoxy) is 3. The molecule has 1 saturated carbocycles. The molecule has 2 fully saturated rings. The SMILES string of the molecule is C=C1C(C2(C)C=CC(=O)OC(C)(C)C2CC(=O)OC)CCC2(C)C(c3ccoc3)OC(=O)CC12O. The lowest BCUT2D eigenvalue weighted by atomic mass is 9.48. The van der Waals surface area contributed by atoms with Gasteiger partial charge in [0.05, 0.1) is 32.5 Å². The number of furan rings is 1. The Balaban J connectivity index is 1.80. The number of cyclic esters (lactones) is 2. The van der Waals surface area contributed by atoms with Gasteiger partial charge in [-0.15, -0.1) is 0 Å². The first-order valence-electron chi connectivity index (χ1n) is 11.9. The van der Waals surface area contributed by atoms with Crippen molar-refractivity contribution in [3.8, 4) is 0 Å². The highest BCUT2D eigenvalue weighted by molar-refractivity contribution is 5.83. The number of methoxy groups -OCH3 is 1. The number of carbonyl (C=O) groups is 3. The van der Waals surface area contributed by atoms with Crippen LogP contribution in [0.2, 0.25) is 0 Å². The third kappa shape index (κ3) is 3.82. The molecule has 2 aliphatic heterocycles. The number of aliphatic hydroxyl groups is 1. The maximum Gasteiger partial charge on any atom is 0.330 e. The minimum atomic E-state index is -1.57. The fourth-order valence-electron chi connectivity index (χ4n) is 6.75. The van der Waals surface area contributed by atoms with E-state index in [0.717, 1.165) is 0 Å². The van der Waals surface area contributed by atoms with Crippen molar-refractivity contribution in [2.24, 2.45) is 22.7 Å². The molecule has 6 unspecified atom stereocenters. The van der Waals surface area contributed by atoms with Crippen LogP contribution in [-0.4, -0.2) is 41.3 Å². The predicted octanol–water partition coefficient (Wildman–Crippen LogP) is 4.05. The Hall–Kier alpha value is -2.87. The van der Waals surface area contributed by atoms with E-state index in [9.17, 15) is 19.5 Å². The Labute approximate surface area is 205 Å². The minimum absolute atomic E-state index is 0.0107. The average molecular weight is 487 g/mol. The number of hydrogen-bond donors (Lipinski definition) is 1. The van der Waals surface area contributed by atoms with Crippen molar-refractivity contribution in [1.82, 2.24) is 0 Å². The molecule has 8 nitrogen and oxygen atoms in total. The van der Waals surface area contributed by atoms with Gasteiger partial charge in [-0.25, -0.2) is 4.79 Å². The van der Waals surface area contributed by atoms with Crippen LogP contribution in [0.15, 0.2) is 47.3 Å². The number of esters is 3. The summed E-state index contributed by atoms with van der Waals surface area (Å²) in [6.07, 6.45) is 6.37. The molecule has 3 heterocycles. The third-order valence-corrected chi connectivity index (χ3v) is 8.80. The first-order chi connectivity index (χ1) is 16.3. The van der Waals surface area contributed by atoms with Gasteiger partial charge in [0, 0.05) is 23.0 Å². The highest BCUT2D eigenvalue weighted by atomic mass is 16.6. The number of rotatable bonds is 4. The van der Waals surface area contributed by atoms with Crippen molar-refractivity contribution in [3.63, 3.8) is 0 Å². The zero-order valence-electron chi connectivity index (χ0n) is 21.0. The van der Waals surface area contributed by atoms with E-state index < -0.39 is 52.0 Å². The van der Waals surface area contributed by atoms with Crippen molar-refractivity contribution in [3.05, 3.63) is 48.5 Å². The maximum absolute atomic E-state index is 12.7. The normalized spacial score (nSPS) is 38.7. The zero-order valence-corrected chi connectivity index (χ0v) is 21.0. The molecule has 0 radical (unpaired) electrons. The van der Waals surface area contributed by atoms with E-state index >= 15 is 0 Å². The average Bonchev–Trinajstić information content (AvgIpc) is 3.29. The molecule has 0 bridgehead atoms. The zero-order chi connectivity index (χ0) is 25.8. The number of allylic oxidation sites excluding steroid dienone is 1. The monoisotopic (exact) mass is 486 g/mol. The van der Waals surface area contributed by atoms with Gasteiger partial charge in [-0.1, -0.05) is 26.5 Å². The van der Waals surface area contributed by atoms with Crippen molar-refractivity contribution in [1.29, 1.82) is 0 Å². The molecule has 0 amide bonds. The molecule has 35 heavy (non-hydrogen) atoms. The van der Waals surface area contributed by atoms with Crippen molar-refractivity contribution < 1.29 is 38.1 Å². The summed E-state index contributed by atoms with van der Waals surface area (Å²) in [7, 11) is 1.32. The first kappa shape index (κ1) is 25.2. The van der Waals surface area contributed by atoms with E-state index in [-0.39, 0.29) is 18.8 Å². The molecule has 1 aliphatic carbocycles. The Morgan fingerprint density at radius 3 is 2.60 bits per heavy atom. The summed E-state index contributed by atoms with van der Waals surface area (Å²) in [5.41, 5.74) is -3.05. The van der Waals surface area contributed by atoms with E-state index in [1.54, 1.807) is 26.0 Å². The molecule has 1 aromatic heterocycles. The van der Waals surface area contributed by atoms with E-state index in [2.05, 4.69) is 6.58 Å². The molecule has 1 N–H and O–H groups in total. The van der Waals surface area contributed by atoms with Crippen LogP contribution >= 0.6 is 0 Å². The van der Waals surface area contributed by atoms with Gasteiger partial charge in [-0.2, -0.15) is 0 Å². The molecule has 1 aromatic rings. The second-order valence-electron chi connectivity index (χ2n) is 11.1. The summed E-state index contributed by atoms with van der Waals surface area (Å²) in [5.74, 6) is -2.27. The van der Waals surface area contributed by atoms with E-state index in [4.69, 9.17) is 18.6 Å². The lowest BCUT2D eigenvalue weighted by Gasteiger charge is -2.60. The second kappa shape index (κ2) is 8.36. The van der Waals surface area contributed by atoms with Crippen molar-refractivity contribution >= 4 is 17.9 Å². The summed E-state index contributed by atoms with van der Waals surface area (Å²) >= 11 is 0. The van der Waals surface area contributed by atoms with Gasteiger partial charge in [0.1, 0.15) is 17.3 Å². The number of fused-ring (bicyclic) bond motifs is 1. The summed E-state index contributed by atoms with van der Waals surface area (Å²) < 4.78 is 21.6. The Kier molecular flexibility index (Phi) is 6.03. The van der Waals surface area contributed by atoms with Crippen LogP contribution in [0.1, 0.15) is 65.0 Å². The summed E-state index contributed by atoms with van der Waals surface area (Å²) in [4.78, 5) is 37.6. The Morgan fingerprint density at radius 2 is 1.97 bits per heavy atom. The molecular weight excluding hydrogens is 452 g/mol. The fourth-order valence-corrected chi connectivity index (χ4v) is 6.75. The molecule has 6 atom stereocenters. The van der Waals surface area contributed by atoms with Gasteiger partial charge in [-0.05, 0) is 49.7 Å². The van der Waals surface area contributed by atoms with E-state index in [1.807, 2.05) is 13.8 Å². The van der Waals surface area contributed by atoms with Crippen molar-refractivity contribution in [2.75, 3.05) is 7.11 Å². The molecule has 8 heteroatoms. The molecule has 0 aromatic carbocycles. The summed E-state index contributed by atoms with van der Waals surface area (Å²) in [6, 6.07) is 1.73. The minimum Gasteiger partial charge on any atom is -0.472 e. The van der Waals surface area contributed by atoms with Gasteiger partial charge in [0.25, 0.3) is 0 Å². The maximum atomic E-state index is 12.7. The van der Waals surface area contributed by atoms with Crippen LogP contribution in [0, 0.1) is 22.7 Å². The van der Waals surface area contributed by atoms with Gasteiger partial charge in [-0.3, -0.25) is 9.59 Å². The number of hydrogen-bond acceptors (Lipinski definition) is 8. The largest absolute Gasteiger partial charge is 0.472 e. The quantitative estimate of drug-likeness (QED) is 0.385. The highest BCUT2D eigenvalue weighted by Gasteiger charge is 2.65. The van der Waals surface area contributed by atoms with Gasteiger partial charge >= 0.3 is 17.9 Å². The van der Waals surface area contributed by atoms with Crippen molar-refractivity contribution in [2.45, 2.75) is 70.7 Å². The topological polar surface area (TPSA) is 112 Å². The standard InChI is InChI=1S/C27H34O8/c1-16-18(25(4)10-8-20(28)35-24(2,3)19(25)13-21(29)32-6)7-11-26(5)23(17-9-12-33-15-17)34-22(30)14-27(16,26)31/h8-10,12,15,18-19,23,31H,1,7,11,13-14H2,2-6H3. The summed E-state index contributed by atoms with van der Waals surface area (Å²) in [6.45, 7) is 11.8. The second-order valence-corrected chi connectivity index (χ2v) is 11.1. The molecule has 4 rings (SSSR count). The molecule has 190 valence electrons.